The van der Waals surface area contributed by atoms with Gasteiger partial charge in [-0.2, -0.15) is 0 Å². The summed E-state index contributed by atoms with van der Waals surface area (Å²) in [5.74, 6) is 0. The standard InChI is InChI=1S/C10H29N3O3Si2/c1-5-10(13-9-8-12-7-6-11)17-18(14-2,15-3)16-4/h10,12-13H,5-9,11,17H2,1-4H3. The van der Waals surface area contributed by atoms with Crippen LogP contribution in [-0.4, -0.2) is 70.5 Å². The minimum Gasteiger partial charge on any atom is -0.380 e. The largest absolute Gasteiger partial charge is 0.463 e. The number of rotatable bonds is 12. The first-order valence-electron chi connectivity index (χ1n) is 6.47. The normalized spacial score (nSPS) is 14.5. The Morgan fingerprint density at radius 2 is 1.72 bits per heavy atom. The SMILES string of the molecule is CCC(NCCNCCN)[SiH2][Si](OC)(OC)OC. The van der Waals surface area contributed by atoms with E-state index in [0.717, 1.165) is 26.1 Å². The molecule has 0 aliphatic rings. The Labute approximate surface area is 114 Å². The molecule has 0 amide bonds. The first kappa shape index (κ1) is 18.2. The van der Waals surface area contributed by atoms with Gasteiger partial charge in [-0.25, -0.2) is 0 Å². The van der Waals surface area contributed by atoms with Gasteiger partial charge < -0.3 is 29.6 Å². The first-order chi connectivity index (χ1) is 8.67. The molecule has 0 rings (SSSR count). The van der Waals surface area contributed by atoms with E-state index in [-0.39, 0.29) is 0 Å². The van der Waals surface area contributed by atoms with E-state index in [4.69, 9.17) is 19.0 Å². The predicted molar refractivity (Wildman–Crippen MR) is 79.3 cm³/mol. The van der Waals surface area contributed by atoms with E-state index in [9.17, 15) is 0 Å². The highest BCUT2D eigenvalue weighted by Crippen LogP contribution is 2.07. The van der Waals surface area contributed by atoms with E-state index in [0.29, 0.717) is 12.2 Å². The predicted octanol–water partition coefficient (Wildman–Crippen LogP) is -1.60. The van der Waals surface area contributed by atoms with Crippen molar-refractivity contribution in [3.63, 3.8) is 0 Å². The highest BCUT2D eigenvalue weighted by molar-refractivity contribution is 7.15. The Balaban J connectivity index is 4.00. The van der Waals surface area contributed by atoms with Crippen LogP contribution < -0.4 is 16.4 Å². The number of hydrogen-bond donors (Lipinski definition) is 3. The molecule has 0 aromatic carbocycles. The zero-order chi connectivity index (χ0) is 13.9. The molecule has 0 aliphatic carbocycles. The number of hydrogen-bond acceptors (Lipinski definition) is 6. The van der Waals surface area contributed by atoms with Gasteiger partial charge in [-0.3, -0.25) is 0 Å². The molecule has 0 saturated carbocycles. The highest BCUT2D eigenvalue weighted by atomic mass is 29.2. The zero-order valence-corrected chi connectivity index (χ0v) is 14.5. The molecule has 0 aromatic heterocycles. The lowest BCUT2D eigenvalue weighted by molar-refractivity contribution is 0.147. The van der Waals surface area contributed by atoms with Crippen LogP contribution in [0.2, 0.25) is 0 Å². The molecule has 110 valence electrons. The Morgan fingerprint density at radius 1 is 1.11 bits per heavy atom. The van der Waals surface area contributed by atoms with Crippen LogP contribution in [0, 0.1) is 0 Å². The Bertz CT molecular complexity index is 189. The lowest BCUT2D eigenvalue weighted by Gasteiger charge is -2.28. The third-order valence-corrected chi connectivity index (χ3v) is 12.3. The maximum atomic E-state index is 5.50. The fraction of sp³-hybridized carbons (Fsp3) is 1.00. The average Bonchev–Trinajstić information content (AvgIpc) is 2.43. The molecular formula is C10H29N3O3Si2. The van der Waals surface area contributed by atoms with Gasteiger partial charge in [-0.15, -0.1) is 0 Å². The lowest BCUT2D eigenvalue weighted by atomic mass is 10.4. The number of nitrogens with one attached hydrogen (secondary N) is 2. The number of nitrogens with two attached hydrogens (primary N) is 1. The smallest absolute Gasteiger partial charge is 0.380 e. The van der Waals surface area contributed by atoms with Crippen LogP contribution in [-0.2, 0) is 13.3 Å². The van der Waals surface area contributed by atoms with E-state index in [2.05, 4.69) is 17.6 Å². The molecule has 4 N–H and O–H groups in total. The third kappa shape index (κ3) is 6.95. The molecule has 0 radical (unpaired) electrons. The topological polar surface area (TPSA) is 77.8 Å². The van der Waals surface area contributed by atoms with Crippen molar-refractivity contribution in [3.8, 4) is 0 Å². The van der Waals surface area contributed by atoms with Crippen LogP contribution in [0.15, 0.2) is 0 Å². The van der Waals surface area contributed by atoms with Crippen LogP contribution in [0.1, 0.15) is 13.3 Å². The van der Waals surface area contributed by atoms with Crippen molar-refractivity contribution >= 4 is 17.4 Å². The van der Waals surface area contributed by atoms with Gasteiger partial charge in [0.1, 0.15) is 9.04 Å². The molecule has 0 fully saturated rings. The fourth-order valence-electron chi connectivity index (χ4n) is 1.75. The molecule has 0 aromatic rings. The molecule has 6 nitrogen and oxygen atoms in total. The van der Waals surface area contributed by atoms with Gasteiger partial charge in [-0.1, -0.05) is 6.92 Å². The van der Waals surface area contributed by atoms with Crippen molar-refractivity contribution in [2.75, 3.05) is 47.5 Å². The van der Waals surface area contributed by atoms with E-state index < -0.39 is 17.4 Å². The summed E-state index contributed by atoms with van der Waals surface area (Å²) in [6.07, 6.45) is 1.08. The molecule has 0 heterocycles. The lowest BCUT2D eigenvalue weighted by Crippen LogP contribution is -2.57. The second-order valence-electron chi connectivity index (χ2n) is 4.10. The summed E-state index contributed by atoms with van der Waals surface area (Å²) in [7, 11) is 2.11. The molecule has 0 spiro atoms. The van der Waals surface area contributed by atoms with E-state index in [1.807, 2.05) is 0 Å². The third-order valence-electron chi connectivity index (χ3n) is 2.98. The molecule has 1 atom stereocenters. The van der Waals surface area contributed by atoms with Crippen LogP contribution in [0.25, 0.3) is 0 Å². The van der Waals surface area contributed by atoms with Crippen LogP contribution in [0.3, 0.4) is 0 Å². The fourth-order valence-corrected chi connectivity index (χ4v) is 8.60. The Hall–Kier alpha value is 0.194. The molecule has 1 unspecified atom stereocenters. The van der Waals surface area contributed by atoms with Gasteiger partial charge in [0.25, 0.3) is 0 Å². The minimum absolute atomic E-state index is 0.483. The van der Waals surface area contributed by atoms with Gasteiger partial charge in [0.05, 0.1) is 0 Å². The average molecular weight is 296 g/mol. The molecular weight excluding hydrogens is 266 g/mol. The van der Waals surface area contributed by atoms with Gasteiger partial charge >= 0.3 is 8.32 Å². The Kier molecular flexibility index (Phi) is 11.2. The molecule has 0 bridgehead atoms. The maximum absolute atomic E-state index is 5.50. The Morgan fingerprint density at radius 3 is 2.17 bits per heavy atom. The zero-order valence-electron chi connectivity index (χ0n) is 12.1. The summed E-state index contributed by atoms with van der Waals surface area (Å²) < 4.78 is 16.5. The van der Waals surface area contributed by atoms with Crippen molar-refractivity contribution in [1.29, 1.82) is 0 Å². The van der Waals surface area contributed by atoms with E-state index >= 15 is 0 Å². The minimum atomic E-state index is -2.34. The van der Waals surface area contributed by atoms with Crippen molar-refractivity contribution in [3.05, 3.63) is 0 Å². The maximum Gasteiger partial charge on any atom is 0.463 e. The van der Waals surface area contributed by atoms with Gasteiger partial charge in [0.2, 0.25) is 0 Å². The van der Waals surface area contributed by atoms with Crippen molar-refractivity contribution in [2.45, 2.75) is 19.0 Å². The van der Waals surface area contributed by atoms with Crippen LogP contribution in [0.5, 0.6) is 0 Å². The summed E-state index contributed by atoms with van der Waals surface area (Å²) >= 11 is 0. The summed E-state index contributed by atoms with van der Waals surface area (Å²) in [6, 6.07) is 0. The summed E-state index contributed by atoms with van der Waals surface area (Å²) in [6.45, 7) is 5.59. The molecule has 8 heteroatoms. The molecule has 0 aliphatic heterocycles. The van der Waals surface area contributed by atoms with Crippen LogP contribution in [0.4, 0.5) is 0 Å². The highest BCUT2D eigenvalue weighted by Gasteiger charge is 2.39. The molecule has 18 heavy (non-hydrogen) atoms. The second-order valence-corrected chi connectivity index (χ2v) is 11.9. The monoisotopic (exact) mass is 295 g/mol. The van der Waals surface area contributed by atoms with Crippen LogP contribution >= 0.6 is 0 Å². The van der Waals surface area contributed by atoms with Gasteiger partial charge in [0, 0.05) is 47.5 Å². The van der Waals surface area contributed by atoms with Gasteiger partial charge in [-0.05, 0) is 12.1 Å². The van der Waals surface area contributed by atoms with Crippen molar-refractivity contribution in [2.24, 2.45) is 5.73 Å². The van der Waals surface area contributed by atoms with Crippen molar-refractivity contribution in [1.82, 2.24) is 10.6 Å². The van der Waals surface area contributed by atoms with Gasteiger partial charge in [0.15, 0.2) is 0 Å². The first-order valence-corrected chi connectivity index (χ1v) is 11.3. The van der Waals surface area contributed by atoms with E-state index in [1.165, 1.54) is 0 Å². The quantitative estimate of drug-likeness (QED) is 0.297. The van der Waals surface area contributed by atoms with E-state index in [1.54, 1.807) is 21.3 Å². The summed E-state index contributed by atoms with van der Waals surface area (Å²) in [5, 5.41) is 6.80. The summed E-state index contributed by atoms with van der Waals surface area (Å²) in [4.78, 5) is 0. The molecule has 0 saturated heterocycles. The van der Waals surface area contributed by atoms with Crippen molar-refractivity contribution < 1.29 is 13.3 Å². The second kappa shape index (κ2) is 11.1. The summed E-state index contributed by atoms with van der Waals surface area (Å²) in [5.41, 5.74) is 5.90.